The lowest BCUT2D eigenvalue weighted by atomic mass is 10.4. The first-order valence-electron chi connectivity index (χ1n) is 3.06. The van der Waals surface area contributed by atoms with E-state index in [0.717, 1.165) is 0 Å². The third kappa shape index (κ3) is 1.33. The van der Waals surface area contributed by atoms with Crippen LogP contribution in [0.1, 0.15) is 0 Å². The van der Waals surface area contributed by atoms with Gasteiger partial charge in [0.1, 0.15) is 5.75 Å². The van der Waals surface area contributed by atoms with Gasteiger partial charge in [-0.2, -0.15) is 4.98 Å². The number of hydrogen-bond acceptors (Lipinski definition) is 4. The second-order valence-electron chi connectivity index (χ2n) is 2.16. The average Bonchev–Trinajstić information content (AvgIpc) is 2.27. The van der Waals surface area contributed by atoms with E-state index in [9.17, 15) is 0 Å². The summed E-state index contributed by atoms with van der Waals surface area (Å²) >= 11 is 0. The van der Waals surface area contributed by atoms with Crippen LogP contribution >= 0.6 is 17.0 Å². The minimum Gasteiger partial charge on any atom is -0.508 e. The van der Waals surface area contributed by atoms with Crippen molar-refractivity contribution in [3.05, 3.63) is 18.3 Å². The fourth-order valence-corrected chi connectivity index (χ4v) is 0.888. The van der Waals surface area contributed by atoms with Crippen molar-refractivity contribution in [2.45, 2.75) is 0 Å². The lowest BCUT2D eigenvalue weighted by Crippen LogP contribution is -1.87. The molecule has 2 aromatic heterocycles. The molecule has 0 aliphatic carbocycles. The Morgan fingerprint density at radius 3 is 3.00 bits per heavy atom. The van der Waals surface area contributed by atoms with Crippen molar-refractivity contribution in [2.75, 3.05) is 5.73 Å². The van der Waals surface area contributed by atoms with Gasteiger partial charge >= 0.3 is 0 Å². The van der Waals surface area contributed by atoms with Gasteiger partial charge in [0.2, 0.25) is 5.95 Å². The first kappa shape index (κ1) is 8.79. The van der Waals surface area contributed by atoms with E-state index in [4.69, 9.17) is 10.8 Å². The Balaban J connectivity index is 0.000000720. The maximum Gasteiger partial charge on any atom is 0.240 e. The SMILES string of the molecule is Br.Nc1nc2cc(O)ccn2n1. The molecular weight excluding hydrogens is 224 g/mol. The van der Waals surface area contributed by atoms with Gasteiger partial charge in [0.05, 0.1) is 0 Å². The van der Waals surface area contributed by atoms with Crippen LogP contribution in [0, 0.1) is 0 Å². The van der Waals surface area contributed by atoms with E-state index in [0.29, 0.717) is 5.65 Å². The van der Waals surface area contributed by atoms with Gasteiger partial charge in [-0.05, 0) is 6.07 Å². The third-order valence-corrected chi connectivity index (χ3v) is 1.34. The molecule has 0 bridgehead atoms. The summed E-state index contributed by atoms with van der Waals surface area (Å²) in [6.45, 7) is 0. The fraction of sp³-hybridized carbons (Fsp3) is 0. The number of nitrogen functional groups attached to an aromatic ring is 1. The summed E-state index contributed by atoms with van der Waals surface area (Å²) in [5.41, 5.74) is 5.86. The first-order valence-corrected chi connectivity index (χ1v) is 3.06. The number of nitrogens with zero attached hydrogens (tertiary/aromatic N) is 3. The lowest BCUT2D eigenvalue weighted by Gasteiger charge is -1.89. The molecule has 5 nitrogen and oxygen atoms in total. The van der Waals surface area contributed by atoms with Gasteiger partial charge in [-0.3, -0.25) is 0 Å². The van der Waals surface area contributed by atoms with Crippen LogP contribution < -0.4 is 5.73 Å². The minimum absolute atomic E-state index is 0. The van der Waals surface area contributed by atoms with Crippen molar-refractivity contribution in [3.63, 3.8) is 0 Å². The quantitative estimate of drug-likeness (QED) is 0.695. The van der Waals surface area contributed by atoms with E-state index in [1.54, 1.807) is 6.20 Å². The largest absolute Gasteiger partial charge is 0.508 e. The van der Waals surface area contributed by atoms with Crippen LogP contribution in [0.25, 0.3) is 5.65 Å². The van der Waals surface area contributed by atoms with Gasteiger partial charge in [-0.15, -0.1) is 22.1 Å². The topological polar surface area (TPSA) is 76.4 Å². The number of pyridine rings is 1. The van der Waals surface area contributed by atoms with Gasteiger partial charge in [-0.25, -0.2) is 4.52 Å². The molecule has 0 saturated carbocycles. The molecule has 6 heteroatoms. The number of rotatable bonds is 0. The van der Waals surface area contributed by atoms with Crippen LogP contribution in [0.4, 0.5) is 5.95 Å². The first-order chi connectivity index (χ1) is 5.25. The summed E-state index contributed by atoms with van der Waals surface area (Å²) in [5.74, 6) is 0.362. The summed E-state index contributed by atoms with van der Waals surface area (Å²) in [6, 6.07) is 3.00. The van der Waals surface area contributed by atoms with Crippen molar-refractivity contribution in [1.29, 1.82) is 0 Å². The van der Waals surface area contributed by atoms with Crippen LogP contribution in [0.5, 0.6) is 5.75 Å². The van der Waals surface area contributed by atoms with Crippen LogP contribution in [-0.4, -0.2) is 19.7 Å². The Kier molecular flexibility index (Phi) is 2.18. The molecule has 0 aliphatic heterocycles. The minimum atomic E-state index is 0. The highest BCUT2D eigenvalue weighted by atomic mass is 79.9. The van der Waals surface area contributed by atoms with Crippen molar-refractivity contribution in [1.82, 2.24) is 14.6 Å². The number of aromatic nitrogens is 3. The summed E-state index contributed by atoms with van der Waals surface area (Å²) in [6.07, 6.45) is 1.59. The maximum absolute atomic E-state index is 9.02. The van der Waals surface area contributed by atoms with Crippen LogP contribution in [-0.2, 0) is 0 Å². The number of aromatic hydroxyl groups is 1. The summed E-state index contributed by atoms with van der Waals surface area (Å²) in [7, 11) is 0. The predicted octanol–water partition coefficient (Wildman–Crippen LogP) is 0.595. The monoisotopic (exact) mass is 230 g/mol. The smallest absolute Gasteiger partial charge is 0.240 e. The molecule has 12 heavy (non-hydrogen) atoms. The molecule has 0 unspecified atom stereocenters. The molecule has 3 N–H and O–H groups in total. The van der Waals surface area contributed by atoms with E-state index in [-0.39, 0.29) is 28.7 Å². The number of hydrogen-bond donors (Lipinski definition) is 2. The third-order valence-electron chi connectivity index (χ3n) is 1.34. The zero-order chi connectivity index (χ0) is 7.84. The van der Waals surface area contributed by atoms with Crippen molar-refractivity contribution >= 4 is 28.6 Å². The average molecular weight is 231 g/mol. The molecular formula is C6H7BrN4O. The van der Waals surface area contributed by atoms with Crippen molar-refractivity contribution in [2.24, 2.45) is 0 Å². The summed E-state index contributed by atoms with van der Waals surface area (Å²) < 4.78 is 1.50. The van der Waals surface area contributed by atoms with Gasteiger partial charge in [0.15, 0.2) is 5.65 Å². The van der Waals surface area contributed by atoms with E-state index in [1.807, 2.05) is 0 Å². The zero-order valence-corrected chi connectivity index (χ0v) is 7.72. The molecule has 0 spiro atoms. The van der Waals surface area contributed by atoms with Crippen LogP contribution in [0.2, 0.25) is 0 Å². The lowest BCUT2D eigenvalue weighted by molar-refractivity contribution is 0.474. The van der Waals surface area contributed by atoms with Crippen LogP contribution in [0.3, 0.4) is 0 Å². The van der Waals surface area contributed by atoms with Crippen LogP contribution in [0.15, 0.2) is 18.3 Å². The highest BCUT2D eigenvalue weighted by Crippen LogP contribution is 2.10. The van der Waals surface area contributed by atoms with Gasteiger partial charge in [0, 0.05) is 12.3 Å². The molecule has 0 saturated heterocycles. The zero-order valence-electron chi connectivity index (χ0n) is 6.01. The number of fused-ring (bicyclic) bond motifs is 1. The van der Waals surface area contributed by atoms with E-state index in [1.165, 1.54) is 16.6 Å². The van der Waals surface area contributed by atoms with Gasteiger partial charge < -0.3 is 10.8 Å². The molecule has 0 aliphatic rings. The molecule has 0 fully saturated rings. The fourth-order valence-electron chi connectivity index (χ4n) is 0.888. The Morgan fingerprint density at radius 2 is 2.25 bits per heavy atom. The van der Waals surface area contributed by atoms with E-state index >= 15 is 0 Å². The van der Waals surface area contributed by atoms with Gasteiger partial charge in [-0.1, -0.05) is 0 Å². The second kappa shape index (κ2) is 2.98. The Bertz CT molecular complexity index is 399. The standard InChI is InChI=1S/C6H6N4O.BrH/c7-6-8-5-3-4(11)1-2-10(5)9-6;/h1-3,11H,(H2,7,9);1H. The highest BCUT2D eigenvalue weighted by molar-refractivity contribution is 8.93. The normalized spacial score (nSPS) is 9.67. The molecule has 64 valence electrons. The molecule has 0 atom stereocenters. The number of nitrogens with two attached hydrogens (primary N) is 1. The molecule has 2 aromatic rings. The van der Waals surface area contributed by atoms with E-state index < -0.39 is 0 Å². The molecule has 0 amide bonds. The molecule has 0 radical (unpaired) electrons. The summed E-state index contributed by atoms with van der Waals surface area (Å²) in [5, 5.41) is 12.8. The summed E-state index contributed by atoms with van der Waals surface area (Å²) in [4.78, 5) is 3.84. The van der Waals surface area contributed by atoms with Crippen molar-refractivity contribution in [3.8, 4) is 5.75 Å². The molecule has 0 aromatic carbocycles. The Labute approximate surface area is 78.6 Å². The molecule has 2 rings (SSSR count). The number of anilines is 1. The van der Waals surface area contributed by atoms with Gasteiger partial charge in [0.25, 0.3) is 0 Å². The predicted molar refractivity (Wildman–Crippen MR) is 49.4 cm³/mol. The van der Waals surface area contributed by atoms with E-state index in [2.05, 4.69) is 10.1 Å². The Hall–Kier alpha value is -1.30. The highest BCUT2D eigenvalue weighted by Gasteiger charge is 1.98. The second-order valence-corrected chi connectivity index (χ2v) is 2.16. The maximum atomic E-state index is 9.02. The Morgan fingerprint density at radius 1 is 1.50 bits per heavy atom. The van der Waals surface area contributed by atoms with Crippen molar-refractivity contribution < 1.29 is 5.11 Å². The molecule has 2 heterocycles. The number of halogens is 1.